The number of hydrogen-bond acceptors (Lipinski definition) is 2. The van der Waals surface area contributed by atoms with Gasteiger partial charge in [0.15, 0.2) is 5.96 Å². The number of hydrogen-bond donors (Lipinski definition) is 2. The Morgan fingerprint density at radius 2 is 1.93 bits per heavy atom. The van der Waals surface area contributed by atoms with Gasteiger partial charge in [0.2, 0.25) is 0 Å². The van der Waals surface area contributed by atoms with Crippen molar-refractivity contribution in [2.45, 2.75) is 37.8 Å². The molecule has 1 aliphatic heterocycles. The Bertz CT molecular complexity index is 253. The topological polar surface area (TPSA) is 67.5 Å². The molecule has 14 heavy (non-hydrogen) atoms. The summed E-state index contributed by atoms with van der Waals surface area (Å²) in [5.74, 6) is 2.14. The Hall–Kier alpha value is -0.580. The van der Waals surface area contributed by atoms with Gasteiger partial charge in [0.1, 0.15) is 0 Å². The molecule has 2 fully saturated rings. The minimum Gasteiger partial charge on any atom is -0.370 e. The van der Waals surface area contributed by atoms with Crippen LogP contribution < -0.4 is 11.1 Å². The van der Waals surface area contributed by atoms with Crippen LogP contribution in [0.1, 0.15) is 25.7 Å². The van der Waals surface area contributed by atoms with Crippen LogP contribution in [-0.4, -0.2) is 33.8 Å². The first-order valence-corrected chi connectivity index (χ1v) is 6.67. The third kappa shape index (κ3) is 2.97. The number of aliphatic imine (C=N–C) groups is 1. The molecular weight excluding hydrogens is 198 g/mol. The number of nitrogens with two attached hydrogens (primary N) is 1. The van der Waals surface area contributed by atoms with Gasteiger partial charge in [-0.05, 0) is 25.7 Å². The van der Waals surface area contributed by atoms with Crippen molar-refractivity contribution in [2.75, 3.05) is 11.5 Å². The second-order valence-corrected chi connectivity index (χ2v) is 5.71. The predicted octanol–water partition coefficient (Wildman–Crippen LogP) is -0.0358. The largest absolute Gasteiger partial charge is 0.370 e. The molecule has 4 nitrogen and oxygen atoms in total. The number of guanidine groups is 1. The first kappa shape index (κ1) is 9.96. The van der Waals surface area contributed by atoms with E-state index in [9.17, 15) is 4.21 Å². The van der Waals surface area contributed by atoms with Crippen LogP contribution in [0.5, 0.6) is 0 Å². The van der Waals surface area contributed by atoms with Crippen molar-refractivity contribution in [1.29, 1.82) is 0 Å². The third-order valence-corrected chi connectivity index (χ3v) is 3.99. The molecule has 1 saturated heterocycles. The average Bonchev–Trinajstić information content (AvgIpc) is 2.93. The van der Waals surface area contributed by atoms with Crippen LogP contribution in [-0.2, 0) is 10.8 Å². The summed E-state index contributed by atoms with van der Waals surface area (Å²) in [4.78, 5) is 4.40. The summed E-state index contributed by atoms with van der Waals surface area (Å²) in [5.41, 5.74) is 5.74. The van der Waals surface area contributed by atoms with Crippen molar-refractivity contribution >= 4 is 16.8 Å². The van der Waals surface area contributed by atoms with Gasteiger partial charge in [-0.1, -0.05) is 0 Å². The minimum absolute atomic E-state index is 0.291. The SMILES string of the molecule is NC(=NC1CCS(=O)CC1)NC1CC1. The van der Waals surface area contributed by atoms with E-state index in [-0.39, 0.29) is 0 Å². The van der Waals surface area contributed by atoms with E-state index in [1.54, 1.807) is 0 Å². The van der Waals surface area contributed by atoms with Crippen LogP contribution in [0.25, 0.3) is 0 Å². The number of rotatable bonds is 2. The monoisotopic (exact) mass is 215 g/mol. The quantitative estimate of drug-likeness (QED) is 0.502. The number of nitrogens with one attached hydrogen (secondary N) is 1. The van der Waals surface area contributed by atoms with Gasteiger partial charge in [0, 0.05) is 28.3 Å². The zero-order chi connectivity index (χ0) is 9.97. The second-order valence-electron chi connectivity index (χ2n) is 4.01. The highest BCUT2D eigenvalue weighted by Gasteiger charge is 2.22. The standard InChI is InChI=1S/C9H17N3OS/c10-9(11-7-1-2-7)12-8-3-5-14(13)6-4-8/h7-8H,1-6H2,(H3,10,11,12). The van der Waals surface area contributed by atoms with Crippen molar-refractivity contribution in [3.05, 3.63) is 0 Å². The van der Waals surface area contributed by atoms with E-state index in [1.165, 1.54) is 12.8 Å². The molecule has 0 radical (unpaired) electrons. The molecule has 3 N–H and O–H groups in total. The van der Waals surface area contributed by atoms with Gasteiger partial charge in [-0.25, -0.2) is 0 Å². The fourth-order valence-electron chi connectivity index (χ4n) is 1.58. The first-order valence-electron chi connectivity index (χ1n) is 5.19. The molecule has 0 aromatic carbocycles. The van der Waals surface area contributed by atoms with E-state index in [4.69, 9.17) is 5.73 Å². The van der Waals surface area contributed by atoms with Crippen LogP contribution in [0.2, 0.25) is 0 Å². The van der Waals surface area contributed by atoms with Crippen molar-refractivity contribution in [1.82, 2.24) is 5.32 Å². The Morgan fingerprint density at radius 3 is 2.50 bits per heavy atom. The Labute approximate surface area is 86.8 Å². The van der Waals surface area contributed by atoms with Gasteiger partial charge in [-0.2, -0.15) is 0 Å². The van der Waals surface area contributed by atoms with Gasteiger partial charge in [-0.3, -0.25) is 9.20 Å². The zero-order valence-electron chi connectivity index (χ0n) is 8.24. The molecule has 1 heterocycles. The smallest absolute Gasteiger partial charge is 0.189 e. The van der Waals surface area contributed by atoms with Gasteiger partial charge < -0.3 is 11.1 Å². The molecule has 2 rings (SSSR count). The summed E-state index contributed by atoms with van der Waals surface area (Å²) in [6.45, 7) is 0. The highest BCUT2D eigenvalue weighted by Crippen LogP contribution is 2.18. The molecule has 5 heteroatoms. The Balaban J connectivity index is 1.79. The normalized spacial score (nSPS) is 34.1. The molecule has 0 bridgehead atoms. The lowest BCUT2D eigenvalue weighted by atomic mass is 10.2. The lowest BCUT2D eigenvalue weighted by Crippen LogP contribution is -2.35. The maximum Gasteiger partial charge on any atom is 0.189 e. The van der Waals surface area contributed by atoms with Crippen molar-refractivity contribution in [3.8, 4) is 0 Å². The summed E-state index contributed by atoms with van der Waals surface area (Å²) < 4.78 is 11.1. The first-order chi connectivity index (χ1) is 6.74. The molecule has 1 saturated carbocycles. The van der Waals surface area contributed by atoms with Gasteiger partial charge >= 0.3 is 0 Å². The van der Waals surface area contributed by atoms with Gasteiger partial charge in [-0.15, -0.1) is 0 Å². The fraction of sp³-hybridized carbons (Fsp3) is 0.889. The highest BCUT2D eigenvalue weighted by atomic mass is 32.2. The van der Waals surface area contributed by atoms with Gasteiger partial charge in [0.05, 0.1) is 6.04 Å². The molecule has 0 unspecified atom stereocenters. The Morgan fingerprint density at radius 1 is 1.29 bits per heavy atom. The molecule has 1 aliphatic carbocycles. The van der Waals surface area contributed by atoms with E-state index in [2.05, 4.69) is 10.3 Å². The molecular formula is C9H17N3OS. The van der Waals surface area contributed by atoms with Crippen molar-refractivity contribution in [3.63, 3.8) is 0 Å². The van der Waals surface area contributed by atoms with Gasteiger partial charge in [0.25, 0.3) is 0 Å². The minimum atomic E-state index is -0.605. The summed E-state index contributed by atoms with van der Waals surface area (Å²) in [6.07, 6.45) is 4.26. The van der Waals surface area contributed by atoms with E-state index in [1.807, 2.05) is 0 Å². The van der Waals surface area contributed by atoms with Crippen LogP contribution in [0.4, 0.5) is 0 Å². The molecule has 0 aromatic heterocycles. The van der Waals surface area contributed by atoms with E-state index in [0.717, 1.165) is 24.3 Å². The average molecular weight is 215 g/mol. The lowest BCUT2D eigenvalue weighted by Gasteiger charge is -2.18. The molecule has 0 atom stereocenters. The summed E-state index contributed by atoms with van der Waals surface area (Å²) >= 11 is 0. The second kappa shape index (κ2) is 4.29. The maximum atomic E-state index is 11.1. The summed E-state index contributed by atoms with van der Waals surface area (Å²) in [5, 5.41) is 3.16. The number of nitrogens with zero attached hydrogens (tertiary/aromatic N) is 1. The van der Waals surface area contributed by atoms with Crippen molar-refractivity contribution < 1.29 is 4.21 Å². The Kier molecular flexibility index (Phi) is 3.05. The molecule has 0 aromatic rings. The predicted molar refractivity (Wildman–Crippen MR) is 58.7 cm³/mol. The summed E-state index contributed by atoms with van der Waals surface area (Å²) in [6, 6.07) is 0.857. The molecule has 2 aliphatic rings. The maximum absolute atomic E-state index is 11.1. The molecule has 80 valence electrons. The van der Waals surface area contributed by atoms with Crippen LogP contribution in [0.15, 0.2) is 4.99 Å². The van der Waals surface area contributed by atoms with E-state index >= 15 is 0 Å². The van der Waals surface area contributed by atoms with Crippen molar-refractivity contribution in [2.24, 2.45) is 10.7 Å². The third-order valence-electron chi connectivity index (χ3n) is 2.61. The summed E-state index contributed by atoms with van der Waals surface area (Å²) in [7, 11) is -0.605. The fourth-order valence-corrected chi connectivity index (χ4v) is 2.86. The highest BCUT2D eigenvalue weighted by molar-refractivity contribution is 7.85. The zero-order valence-corrected chi connectivity index (χ0v) is 9.05. The van der Waals surface area contributed by atoms with E-state index < -0.39 is 10.8 Å². The lowest BCUT2D eigenvalue weighted by molar-refractivity contribution is 0.595. The molecule has 0 amide bonds. The van der Waals surface area contributed by atoms with E-state index in [0.29, 0.717) is 18.0 Å². The van der Waals surface area contributed by atoms with Crippen LogP contribution in [0, 0.1) is 0 Å². The van der Waals surface area contributed by atoms with Crippen LogP contribution in [0.3, 0.4) is 0 Å². The molecule has 0 spiro atoms. The van der Waals surface area contributed by atoms with Crippen LogP contribution >= 0.6 is 0 Å².